The first kappa shape index (κ1) is 12.9. The number of likely N-dealkylation sites (N-methyl/N-ethyl adjacent to an activating group) is 1. The Bertz CT molecular complexity index is 184. The van der Waals surface area contributed by atoms with Crippen LogP contribution in [-0.4, -0.2) is 59.8 Å². The minimum Gasteiger partial charge on any atom is -0.396 e. The highest BCUT2D eigenvalue weighted by molar-refractivity contribution is 4.83. The second-order valence-electron chi connectivity index (χ2n) is 5.07. The van der Waals surface area contributed by atoms with Gasteiger partial charge in [-0.2, -0.15) is 0 Å². The molecule has 3 nitrogen and oxygen atoms in total. The number of hydrogen-bond acceptors (Lipinski definition) is 3. The molecule has 0 aromatic rings. The zero-order chi connectivity index (χ0) is 11.4. The Labute approximate surface area is 94.1 Å². The summed E-state index contributed by atoms with van der Waals surface area (Å²) in [6.45, 7) is 9.34. The molecule has 15 heavy (non-hydrogen) atoms. The number of aliphatic hydroxyl groups excluding tert-OH is 1. The lowest BCUT2D eigenvalue weighted by molar-refractivity contribution is 0.120. The van der Waals surface area contributed by atoms with Crippen molar-refractivity contribution in [2.45, 2.75) is 51.7 Å². The van der Waals surface area contributed by atoms with Crippen LogP contribution in [0.4, 0.5) is 0 Å². The second kappa shape index (κ2) is 5.83. The van der Waals surface area contributed by atoms with Crippen molar-refractivity contribution in [2.75, 3.05) is 26.7 Å². The molecule has 90 valence electrons. The minimum absolute atomic E-state index is 0.302. The lowest BCUT2D eigenvalue weighted by Crippen LogP contribution is -2.44. The van der Waals surface area contributed by atoms with Gasteiger partial charge in [-0.3, -0.25) is 4.90 Å². The molecular weight excluding hydrogens is 188 g/mol. The third-order valence-corrected chi connectivity index (χ3v) is 3.65. The summed E-state index contributed by atoms with van der Waals surface area (Å²) in [7, 11) is 2.19. The number of rotatable bonds is 3. The van der Waals surface area contributed by atoms with Crippen LogP contribution in [0.3, 0.4) is 0 Å². The summed E-state index contributed by atoms with van der Waals surface area (Å²) in [4.78, 5) is 4.96. The van der Waals surface area contributed by atoms with Crippen molar-refractivity contribution in [3.05, 3.63) is 0 Å². The van der Waals surface area contributed by atoms with Crippen molar-refractivity contribution in [3.8, 4) is 0 Å². The Balaban J connectivity index is 2.67. The van der Waals surface area contributed by atoms with Gasteiger partial charge in [0.05, 0.1) is 0 Å². The molecule has 0 aromatic carbocycles. The van der Waals surface area contributed by atoms with Gasteiger partial charge in [0.15, 0.2) is 0 Å². The molecule has 0 aromatic heterocycles. The smallest absolute Gasteiger partial charge is 0.0446 e. The van der Waals surface area contributed by atoms with Gasteiger partial charge in [0.1, 0.15) is 0 Å². The summed E-state index contributed by atoms with van der Waals surface area (Å²) in [5, 5.41) is 9.12. The van der Waals surface area contributed by atoms with Gasteiger partial charge in [0.25, 0.3) is 0 Å². The van der Waals surface area contributed by atoms with Gasteiger partial charge in [-0.1, -0.05) is 0 Å². The van der Waals surface area contributed by atoms with Crippen molar-refractivity contribution in [1.82, 2.24) is 9.80 Å². The quantitative estimate of drug-likeness (QED) is 0.764. The van der Waals surface area contributed by atoms with Crippen molar-refractivity contribution >= 4 is 0 Å². The van der Waals surface area contributed by atoms with E-state index in [9.17, 15) is 0 Å². The summed E-state index contributed by atoms with van der Waals surface area (Å²) in [5.74, 6) is 0. The van der Waals surface area contributed by atoms with E-state index in [0.717, 1.165) is 19.5 Å². The number of nitrogens with zero attached hydrogens (tertiary/aromatic N) is 2. The molecule has 0 amide bonds. The zero-order valence-electron chi connectivity index (χ0n) is 10.6. The first-order valence-corrected chi connectivity index (χ1v) is 6.13. The Morgan fingerprint density at radius 3 is 2.60 bits per heavy atom. The maximum atomic E-state index is 9.12. The third-order valence-electron chi connectivity index (χ3n) is 3.65. The molecular formula is C12H26N2O. The molecule has 0 saturated carbocycles. The molecule has 1 N–H and O–H groups in total. The molecule has 1 rings (SSSR count). The average Bonchev–Trinajstić information content (AvgIpc) is 2.28. The molecule has 1 heterocycles. The maximum Gasteiger partial charge on any atom is 0.0446 e. The van der Waals surface area contributed by atoms with Crippen LogP contribution in [0.1, 0.15) is 33.6 Å². The third kappa shape index (κ3) is 3.44. The molecule has 0 radical (unpaired) electrons. The van der Waals surface area contributed by atoms with E-state index in [1.54, 1.807) is 0 Å². The molecule has 1 aliphatic heterocycles. The van der Waals surface area contributed by atoms with E-state index in [1.165, 1.54) is 6.42 Å². The predicted octanol–water partition coefficient (Wildman–Crippen LogP) is 1.17. The van der Waals surface area contributed by atoms with Crippen LogP contribution in [0, 0.1) is 0 Å². The average molecular weight is 214 g/mol. The molecule has 1 aliphatic rings. The zero-order valence-corrected chi connectivity index (χ0v) is 10.6. The summed E-state index contributed by atoms with van der Waals surface area (Å²) in [5.41, 5.74) is 0. The molecule has 2 unspecified atom stereocenters. The standard InChI is InChI=1S/C12H26N2O/c1-10(2)14-7-5-11(3)13(4)9-12(14)6-8-15/h10-12,15H,5-9H2,1-4H3. The minimum atomic E-state index is 0.302. The van der Waals surface area contributed by atoms with Crippen LogP contribution in [-0.2, 0) is 0 Å². The molecule has 0 aliphatic carbocycles. The number of hydrogen-bond donors (Lipinski definition) is 1. The van der Waals surface area contributed by atoms with Crippen LogP contribution < -0.4 is 0 Å². The topological polar surface area (TPSA) is 26.7 Å². The maximum absolute atomic E-state index is 9.12. The summed E-state index contributed by atoms with van der Waals surface area (Å²) >= 11 is 0. The van der Waals surface area contributed by atoms with Crippen LogP contribution in [0.5, 0.6) is 0 Å². The van der Waals surface area contributed by atoms with Gasteiger partial charge in [0, 0.05) is 37.8 Å². The molecule has 2 atom stereocenters. The van der Waals surface area contributed by atoms with Gasteiger partial charge in [-0.15, -0.1) is 0 Å². The van der Waals surface area contributed by atoms with E-state index in [-0.39, 0.29) is 0 Å². The van der Waals surface area contributed by atoms with Crippen molar-refractivity contribution in [1.29, 1.82) is 0 Å². The second-order valence-corrected chi connectivity index (χ2v) is 5.07. The molecule has 0 bridgehead atoms. The molecule has 0 spiro atoms. The van der Waals surface area contributed by atoms with Gasteiger partial charge in [0.2, 0.25) is 0 Å². The van der Waals surface area contributed by atoms with E-state index in [2.05, 4.69) is 37.6 Å². The Morgan fingerprint density at radius 1 is 1.40 bits per heavy atom. The van der Waals surface area contributed by atoms with Crippen molar-refractivity contribution in [3.63, 3.8) is 0 Å². The SMILES string of the molecule is CC1CCN(C(C)C)C(CCO)CN1C. The first-order valence-electron chi connectivity index (χ1n) is 6.13. The highest BCUT2D eigenvalue weighted by Gasteiger charge is 2.27. The van der Waals surface area contributed by atoms with E-state index >= 15 is 0 Å². The van der Waals surface area contributed by atoms with E-state index in [4.69, 9.17) is 5.11 Å². The van der Waals surface area contributed by atoms with Crippen LogP contribution in [0.25, 0.3) is 0 Å². The Hall–Kier alpha value is -0.120. The van der Waals surface area contributed by atoms with Crippen LogP contribution in [0.2, 0.25) is 0 Å². The van der Waals surface area contributed by atoms with E-state index in [1.807, 2.05) is 0 Å². The number of aliphatic hydroxyl groups is 1. The fourth-order valence-electron chi connectivity index (χ4n) is 2.44. The lowest BCUT2D eigenvalue weighted by atomic mass is 10.1. The van der Waals surface area contributed by atoms with Crippen molar-refractivity contribution in [2.24, 2.45) is 0 Å². The normalized spacial score (nSPS) is 30.8. The monoisotopic (exact) mass is 214 g/mol. The van der Waals surface area contributed by atoms with E-state index in [0.29, 0.717) is 24.7 Å². The van der Waals surface area contributed by atoms with Gasteiger partial charge in [-0.25, -0.2) is 0 Å². The summed E-state index contributed by atoms with van der Waals surface area (Å²) in [6, 6.07) is 1.76. The lowest BCUT2D eigenvalue weighted by Gasteiger charge is -2.33. The van der Waals surface area contributed by atoms with Crippen molar-refractivity contribution < 1.29 is 5.11 Å². The fraction of sp³-hybridized carbons (Fsp3) is 1.00. The predicted molar refractivity (Wildman–Crippen MR) is 64.0 cm³/mol. The van der Waals surface area contributed by atoms with Gasteiger partial charge in [-0.05, 0) is 40.7 Å². The highest BCUT2D eigenvalue weighted by Crippen LogP contribution is 2.18. The Morgan fingerprint density at radius 2 is 2.07 bits per heavy atom. The van der Waals surface area contributed by atoms with Gasteiger partial charge >= 0.3 is 0 Å². The molecule has 1 fully saturated rings. The Kier molecular flexibility index (Phi) is 5.03. The molecule has 1 saturated heterocycles. The van der Waals surface area contributed by atoms with Crippen LogP contribution in [0.15, 0.2) is 0 Å². The highest BCUT2D eigenvalue weighted by atomic mass is 16.3. The molecule has 3 heteroatoms. The van der Waals surface area contributed by atoms with E-state index < -0.39 is 0 Å². The summed E-state index contributed by atoms with van der Waals surface area (Å²) < 4.78 is 0. The first-order chi connectivity index (χ1) is 7.06. The largest absolute Gasteiger partial charge is 0.396 e. The van der Waals surface area contributed by atoms with Gasteiger partial charge < -0.3 is 10.0 Å². The summed E-state index contributed by atoms with van der Waals surface area (Å²) in [6.07, 6.45) is 2.13. The fourth-order valence-corrected chi connectivity index (χ4v) is 2.44. The van der Waals surface area contributed by atoms with Crippen LogP contribution >= 0.6 is 0 Å².